The maximum Gasteiger partial charge on any atom is 0.271 e. The number of rotatable bonds is 7. The van der Waals surface area contributed by atoms with E-state index in [0.29, 0.717) is 24.2 Å². The van der Waals surface area contributed by atoms with Crippen molar-refractivity contribution in [3.63, 3.8) is 0 Å². The van der Waals surface area contributed by atoms with E-state index in [-0.39, 0.29) is 10.0 Å². The van der Waals surface area contributed by atoms with Crippen molar-refractivity contribution < 1.29 is 12.8 Å². The van der Waals surface area contributed by atoms with Gasteiger partial charge in [0.1, 0.15) is 10.0 Å². The molecular weight excluding hydrogens is 359 g/mol. The minimum Gasteiger partial charge on any atom is -0.385 e. The normalized spacial score (nSPS) is 11.2. The molecule has 2 aromatic carbocycles. The predicted octanol–water partition coefficient (Wildman–Crippen LogP) is 4.34. The quantitative estimate of drug-likeness (QED) is 0.645. The lowest BCUT2D eigenvalue weighted by atomic mass is 10.1. The molecule has 0 fully saturated rings. The van der Waals surface area contributed by atoms with Gasteiger partial charge in [0, 0.05) is 17.9 Å². The van der Waals surface area contributed by atoms with Gasteiger partial charge in [-0.15, -0.1) is 11.3 Å². The summed E-state index contributed by atoms with van der Waals surface area (Å²) in [7, 11) is -3.53. The Kier molecular flexibility index (Phi) is 5.35. The first-order valence-electron chi connectivity index (χ1n) is 7.68. The number of benzene rings is 2. The summed E-state index contributed by atoms with van der Waals surface area (Å²) in [6.45, 7) is 0.585. The van der Waals surface area contributed by atoms with Crippen LogP contribution in [-0.4, -0.2) is 15.0 Å². The van der Waals surface area contributed by atoms with E-state index in [0.717, 1.165) is 5.69 Å². The van der Waals surface area contributed by atoms with Crippen molar-refractivity contribution in [3.05, 3.63) is 77.4 Å². The first kappa shape index (κ1) is 17.4. The van der Waals surface area contributed by atoms with Crippen LogP contribution < -0.4 is 10.0 Å². The fourth-order valence-electron chi connectivity index (χ4n) is 2.32. The molecule has 4 nitrogen and oxygen atoms in total. The number of halogens is 1. The van der Waals surface area contributed by atoms with E-state index in [1.54, 1.807) is 53.9 Å². The van der Waals surface area contributed by atoms with Gasteiger partial charge in [0.15, 0.2) is 0 Å². The molecule has 0 bridgehead atoms. The Balaban J connectivity index is 1.56. The van der Waals surface area contributed by atoms with Gasteiger partial charge in [-0.2, -0.15) is 0 Å². The Hall–Kier alpha value is -2.38. The molecule has 3 aromatic rings. The Bertz CT molecular complexity index is 924. The summed E-state index contributed by atoms with van der Waals surface area (Å²) in [6.07, 6.45) is 0.569. The smallest absolute Gasteiger partial charge is 0.271 e. The third-order valence-electron chi connectivity index (χ3n) is 3.58. The highest BCUT2D eigenvalue weighted by molar-refractivity contribution is 7.94. The van der Waals surface area contributed by atoms with E-state index < -0.39 is 10.0 Å². The monoisotopic (exact) mass is 376 g/mol. The lowest BCUT2D eigenvalue weighted by molar-refractivity contribution is 0.603. The largest absolute Gasteiger partial charge is 0.385 e. The molecule has 0 saturated carbocycles. The van der Waals surface area contributed by atoms with Gasteiger partial charge in [-0.3, -0.25) is 4.72 Å². The fourth-order valence-corrected chi connectivity index (χ4v) is 4.37. The Labute approximate surface area is 150 Å². The molecule has 130 valence electrons. The van der Waals surface area contributed by atoms with Gasteiger partial charge in [-0.1, -0.05) is 24.3 Å². The van der Waals surface area contributed by atoms with Gasteiger partial charge in [-0.25, -0.2) is 12.8 Å². The number of anilines is 2. The Morgan fingerprint density at radius 3 is 2.32 bits per heavy atom. The molecule has 0 unspecified atom stereocenters. The van der Waals surface area contributed by atoms with Crippen LogP contribution in [0, 0.1) is 5.82 Å². The van der Waals surface area contributed by atoms with Crippen LogP contribution in [0.1, 0.15) is 5.56 Å². The van der Waals surface area contributed by atoms with E-state index in [1.807, 2.05) is 6.07 Å². The standard InChI is InChI=1S/C18H17FN2O2S2/c19-17-5-2-1-4-14(17)11-12-20-15-7-9-16(10-8-15)21-25(22,23)18-6-3-13-24-18/h1-10,13,20-21H,11-12H2. The van der Waals surface area contributed by atoms with E-state index in [9.17, 15) is 12.8 Å². The molecule has 3 rings (SSSR count). The summed E-state index contributed by atoms with van der Waals surface area (Å²) in [5.74, 6) is -0.206. The van der Waals surface area contributed by atoms with Gasteiger partial charge in [0.05, 0.1) is 0 Å². The molecule has 0 radical (unpaired) electrons. The second-order valence-corrected chi connectivity index (χ2v) is 8.24. The molecule has 0 aliphatic heterocycles. The van der Waals surface area contributed by atoms with Crippen LogP contribution in [0.4, 0.5) is 15.8 Å². The fraction of sp³-hybridized carbons (Fsp3) is 0.111. The minimum absolute atomic E-state index is 0.206. The summed E-state index contributed by atoms with van der Waals surface area (Å²) in [5.41, 5.74) is 2.00. The first-order chi connectivity index (χ1) is 12.0. The zero-order valence-corrected chi connectivity index (χ0v) is 14.9. The van der Waals surface area contributed by atoms with Gasteiger partial charge in [0.2, 0.25) is 0 Å². The van der Waals surface area contributed by atoms with Crippen molar-refractivity contribution in [2.45, 2.75) is 10.6 Å². The summed E-state index contributed by atoms with van der Waals surface area (Å²) in [6, 6.07) is 16.9. The van der Waals surface area contributed by atoms with Crippen molar-refractivity contribution in [1.82, 2.24) is 0 Å². The van der Waals surface area contributed by atoms with E-state index in [2.05, 4.69) is 10.0 Å². The second-order valence-electron chi connectivity index (χ2n) is 5.38. The predicted molar refractivity (Wildman–Crippen MR) is 100 cm³/mol. The molecule has 25 heavy (non-hydrogen) atoms. The molecule has 0 aliphatic carbocycles. The van der Waals surface area contributed by atoms with Crippen molar-refractivity contribution in [3.8, 4) is 0 Å². The number of sulfonamides is 1. The molecule has 0 aliphatic rings. The van der Waals surface area contributed by atoms with E-state index in [1.165, 1.54) is 17.4 Å². The molecular formula is C18H17FN2O2S2. The Morgan fingerprint density at radius 1 is 0.920 bits per heavy atom. The zero-order chi connectivity index (χ0) is 17.7. The molecule has 1 aromatic heterocycles. The van der Waals surface area contributed by atoms with Crippen molar-refractivity contribution in [2.24, 2.45) is 0 Å². The highest BCUT2D eigenvalue weighted by atomic mass is 32.2. The third kappa shape index (κ3) is 4.58. The van der Waals surface area contributed by atoms with Crippen molar-refractivity contribution in [2.75, 3.05) is 16.6 Å². The van der Waals surface area contributed by atoms with Crippen LogP contribution in [0.3, 0.4) is 0 Å². The van der Waals surface area contributed by atoms with E-state index in [4.69, 9.17) is 0 Å². The Morgan fingerprint density at radius 2 is 1.64 bits per heavy atom. The van der Waals surface area contributed by atoms with Crippen LogP contribution >= 0.6 is 11.3 Å². The lowest BCUT2D eigenvalue weighted by Crippen LogP contribution is -2.11. The maximum absolute atomic E-state index is 13.6. The highest BCUT2D eigenvalue weighted by Crippen LogP contribution is 2.21. The second kappa shape index (κ2) is 7.67. The molecule has 2 N–H and O–H groups in total. The van der Waals surface area contributed by atoms with Gasteiger partial charge >= 0.3 is 0 Å². The molecule has 0 atom stereocenters. The van der Waals surface area contributed by atoms with Crippen molar-refractivity contribution >= 4 is 32.7 Å². The molecule has 7 heteroatoms. The van der Waals surface area contributed by atoms with Gasteiger partial charge in [-0.05, 0) is 53.8 Å². The molecule has 0 spiro atoms. The topological polar surface area (TPSA) is 58.2 Å². The van der Waals surface area contributed by atoms with E-state index >= 15 is 0 Å². The molecule has 0 saturated heterocycles. The van der Waals surface area contributed by atoms with Crippen LogP contribution in [0.25, 0.3) is 0 Å². The van der Waals surface area contributed by atoms with Crippen LogP contribution in [0.15, 0.2) is 70.3 Å². The summed E-state index contributed by atoms with van der Waals surface area (Å²) >= 11 is 1.17. The molecule has 0 amide bonds. The van der Waals surface area contributed by atoms with Crippen molar-refractivity contribution in [1.29, 1.82) is 0 Å². The SMILES string of the molecule is O=S(=O)(Nc1ccc(NCCc2ccccc2F)cc1)c1cccs1. The third-order valence-corrected chi connectivity index (χ3v) is 6.36. The van der Waals surface area contributed by atoms with Crippen LogP contribution in [-0.2, 0) is 16.4 Å². The summed E-state index contributed by atoms with van der Waals surface area (Å²) < 4.78 is 40.7. The average molecular weight is 376 g/mol. The average Bonchev–Trinajstić information content (AvgIpc) is 3.13. The minimum atomic E-state index is -3.53. The summed E-state index contributed by atoms with van der Waals surface area (Å²) in [4.78, 5) is 0. The first-order valence-corrected chi connectivity index (χ1v) is 10.0. The highest BCUT2D eigenvalue weighted by Gasteiger charge is 2.14. The lowest BCUT2D eigenvalue weighted by Gasteiger charge is -2.09. The zero-order valence-electron chi connectivity index (χ0n) is 13.3. The number of hydrogen-bond acceptors (Lipinski definition) is 4. The van der Waals surface area contributed by atoms with Gasteiger partial charge < -0.3 is 5.32 Å². The van der Waals surface area contributed by atoms with Crippen LogP contribution in [0.2, 0.25) is 0 Å². The number of nitrogens with one attached hydrogen (secondary N) is 2. The number of hydrogen-bond donors (Lipinski definition) is 2. The maximum atomic E-state index is 13.6. The number of thiophene rings is 1. The molecule has 1 heterocycles. The van der Waals surface area contributed by atoms with Crippen LogP contribution in [0.5, 0.6) is 0 Å². The summed E-state index contributed by atoms with van der Waals surface area (Å²) in [5, 5.41) is 4.92. The van der Waals surface area contributed by atoms with Gasteiger partial charge in [0.25, 0.3) is 10.0 Å².